The summed E-state index contributed by atoms with van der Waals surface area (Å²) in [5.74, 6) is -1.39. The van der Waals surface area contributed by atoms with Gasteiger partial charge in [-0.05, 0) is 18.2 Å². The van der Waals surface area contributed by atoms with Crippen LogP contribution in [0, 0.1) is 0 Å². The van der Waals surface area contributed by atoms with Gasteiger partial charge in [0, 0.05) is 19.2 Å². The van der Waals surface area contributed by atoms with Crippen molar-refractivity contribution in [2.45, 2.75) is 18.6 Å². The quantitative estimate of drug-likeness (QED) is 0.546. The van der Waals surface area contributed by atoms with Crippen LogP contribution in [0.1, 0.15) is 29.0 Å². The molecule has 0 bridgehead atoms. The van der Waals surface area contributed by atoms with E-state index in [-0.39, 0.29) is 6.01 Å². The summed E-state index contributed by atoms with van der Waals surface area (Å²) in [7, 11) is 0. The number of H-pyrrole nitrogens is 1. The Hall–Kier alpha value is -3.08. The van der Waals surface area contributed by atoms with E-state index in [1.807, 2.05) is 0 Å². The summed E-state index contributed by atoms with van der Waals surface area (Å²) >= 11 is 6.23. The van der Waals surface area contributed by atoms with E-state index in [0.717, 1.165) is 5.69 Å². The van der Waals surface area contributed by atoms with E-state index in [9.17, 15) is 13.2 Å². The van der Waals surface area contributed by atoms with Crippen molar-refractivity contribution in [3.63, 3.8) is 0 Å². The molecule has 144 valence electrons. The van der Waals surface area contributed by atoms with Gasteiger partial charge in [-0.15, -0.1) is 5.10 Å². The summed E-state index contributed by atoms with van der Waals surface area (Å²) in [6.07, 6.45) is -0.932. The van der Waals surface area contributed by atoms with Crippen LogP contribution >= 0.6 is 11.6 Å². The number of fused-ring (bicyclic) bond motifs is 2. The van der Waals surface area contributed by atoms with E-state index < -0.39 is 18.1 Å². The number of hydrogen-bond donors (Lipinski definition) is 1. The number of hydrogen-bond acceptors (Lipinski definition) is 6. The standard InChI is InChI=1S/C16H11ClF3N7O/c17-8-2-1-4-27-11(8)6-10(25-27)13-12-9(21-7-22-12)3-5-26(13)15-24-23-14(28-15)16(18,19)20/h1-2,4,6-7,13H,3,5H2,(H,21,22)/t13-/m1/s1. The first-order valence-corrected chi connectivity index (χ1v) is 8.63. The highest BCUT2D eigenvalue weighted by atomic mass is 35.5. The zero-order valence-corrected chi connectivity index (χ0v) is 14.7. The van der Waals surface area contributed by atoms with Gasteiger partial charge in [-0.2, -0.15) is 18.3 Å². The van der Waals surface area contributed by atoms with Crippen molar-refractivity contribution in [2.24, 2.45) is 0 Å². The average Bonchev–Trinajstić information content (AvgIpc) is 3.38. The second-order valence-corrected chi connectivity index (χ2v) is 6.66. The molecule has 8 nitrogen and oxygen atoms in total. The highest BCUT2D eigenvalue weighted by Gasteiger charge is 2.41. The second kappa shape index (κ2) is 5.96. The smallest absolute Gasteiger partial charge is 0.399 e. The van der Waals surface area contributed by atoms with Crippen LogP contribution in [0.15, 0.2) is 35.1 Å². The first-order valence-electron chi connectivity index (χ1n) is 8.25. The number of halogens is 4. The van der Waals surface area contributed by atoms with E-state index in [1.165, 1.54) is 0 Å². The molecule has 1 aliphatic rings. The molecule has 0 aromatic carbocycles. The van der Waals surface area contributed by atoms with Gasteiger partial charge >= 0.3 is 18.1 Å². The number of alkyl halides is 3. The maximum Gasteiger partial charge on any atom is 0.470 e. The third-order valence-corrected chi connectivity index (χ3v) is 4.90. The van der Waals surface area contributed by atoms with E-state index in [1.54, 1.807) is 40.1 Å². The van der Waals surface area contributed by atoms with Crippen LogP contribution in [0.2, 0.25) is 5.02 Å². The molecule has 0 saturated carbocycles. The summed E-state index contributed by atoms with van der Waals surface area (Å²) in [5.41, 5.74) is 2.75. The number of imidazole rings is 1. The minimum absolute atomic E-state index is 0.235. The summed E-state index contributed by atoms with van der Waals surface area (Å²) < 4.78 is 45.2. The minimum Gasteiger partial charge on any atom is -0.399 e. The molecule has 5 rings (SSSR count). The molecule has 12 heteroatoms. The van der Waals surface area contributed by atoms with Gasteiger partial charge in [-0.25, -0.2) is 9.50 Å². The van der Waals surface area contributed by atoms with E-state index in [2.05, 4.69) is 25.3 Å². The lowest BCUT2D eigenvalue weighted by Gasteiger charge is -2.32. The predicted molar refractivity (Wildman–Crippen MR) is 91.0 cm³/mol. The Balaban J connectivity index is 1.64. The molecule has 0 unspecified atom stereocenters. The van der Waals surface area contributed by atoms with Gasteiger partial charge in [-0.3, -0.25) is 0 Å². The number of aromatic amines is 1. The SMILES string of the molecule is FC(F)(F)c1nnc(N2CCc3nc[nH]c3[C@H]2c2cc3c(Cl)cccn3n2)o1. The zero-order chi connectivity index (χ0) is 19.5. The molecule has 0 amide bonds. The van der Waals surface area contributed by atoms with Crippen molar-refractivity contribution < 1.29 is 17.6 Å². The predicted octanol–water partition coefficient (Wildman–Crippen LogP) is 3.26. The molecule has 1 aliphatic heterocycles. The Bertz CT molecular complexity index is 1160. The van der Waals surface area contributed by atoms with Crippen molar-refractivity contribution in [2.75, 3.05) is 11.4 Å². The fourth-order valence-corrected chi connectivity index (χ4v) is 3.59. The van der Waals surface area contributed by atoms with Crippen molar-refractivity contribution in [3.05, 3.63) is 58.7 Å². The first-order chi connectivity index (χ1) is 13.4. The van der Waals surface area contributed by atoms with Gasteiger partial charge in [0.05, 0.1) is 33.9 Å². The Kier molecular flexibility index (Phi) is 3.63. The van der Waals surface area contributed by atoms with E-state index >= 15 is 0 Å². The monoisotopic (exact) mass is 409 g/mol. The average molecular weight is 410 g/mol. The van der Waals surface area contributed by atoms with Crippen LogP contribution in [0.5, 0.6) is 0 Å². The number of anilines is 1. The van der Waals surface area contributed by atoms with Crippen LogP contribution in [0.3, 0.4) is 0 Å². The van der Waals surface area contributed by atoms with Gasteiger partial charge in [0.2, 0.25) is 0 Å². The second-order valence-electron chi connectivity index (χ2n) is 6.25. The molecular weight excluding hydrogens is 399 g/mol. The Labute approximate surface area is 159 Å². The van der Waals surface area contributed by atoms with E-state index in [0.29, 0.717) is 34.9 Å². The summed E-state index contributed by atoms with van der Waals surface area (Å²) in [4.78, 5) is 8.92. The fourth-order valence-electron chi connectivity index (χ4n) is 3.37. The van der Waals surface area contributed by atoms with Crippen molar-refractivity contribution in [3.8, 4) is 0 Å². The molecule has 0 fully saturated rings. The van der Waals surface area contributed by atoms with Gasteiger partial charge < -0.3 is 14.3 Å². The molecule has 1 N–H and O–H groups in total. The van der Waals surface area contributed by atoms with Crippen LogP contribution in [0.25, 0.3) is 5.52 Å². The van der Waals surface area contributed by atoms with Crippen molar-refractivity contribution in [1.82, 2.24) is 29.8 Å². The van der Waals surface area contributed by atoms with Crippen molar-refractivity contribution >= 4 is 23.1 Å². The number of nitrogens with zero attached hydrogens (tertiary/aromatic N) is 6. The van der Waals surface area contributed by atoms with Crippen LogP contribution < -0.4 is 4.90 Å². The van der Waals surface area contributed by atoms with Crippen LogP contribution in [-0.4, -0.2) is 36.3 Å². The van der Waals surface area contributed by atoms with Gasteiger partial charge in [0.1, 0.15) is 6.04 Å². The summed E-state index contributed by atoms with van der Waals surface area (Å²) in [6, 6.07) is 4.44. The first kappa shape index (κ1) is 17.0. The maximum absolute atomic E-state index is 12.9. The molecule has 0 radical (unpaired) electrons. The number of rotatable bonds is 2. The molecule has 0 saturated heterocycles. The summed E-state index contributed by atoms with van der Waals surface area (Å²) in [5, 5.41) is 11.8. The molecule has 1 atom stereocenters. The summed E-state index contributed by atoms with van der Waals surface area (Å²) in [6.45, 7) is 0.337. The van der Waals surface area contributed by atoms with Gasteiger partial charge in [0.15, 0.2) is 0 Å². The largest absolute Gasteiger partial charge is 0.470 e. The van der Waals surface area contributed by atoms with E-state index in [4.69, 9.17) is 16.0 Å². The lowest BCUT2D eigenvalue weighted by atomic mass is 10.0. The van der Waals surface area contributed by atoms with Crippen LogP contribution in [0.4, 0.5) is 19.2 Å². The highest BCUT2D eigenvalue weighted by molar-refractivity contribution is 6.33. The zero-order valence-electron chi connectivity index (χ0n) is 14.0. The Morgan fingerprint density at radius 1 is 1.29 bits per heavy atom. The topological polar surface area (TPSA) is 88.1 Å². The molecule has 4 aromatic heterocycles. The number of nitrogens with one attached hydrogen (secondary N) is 1. The third kappa shape index (κ3) is 2.61. The lowest BCUT2D eigenvalue weighted by Crippen LogP contribution is -2.37. The van der Waals surface area contributed by atoms with Gasteiger partial charge in [0.25, 0.3) is 0 Å². The highest BCUT2D eigenvalue weighted by Crippen LogP contribution is 2.38. The maximum atomic E-state index is 12.9. The molecule has 0 aliphatic carbocycles. The van der Waals surface area contributed by atoms with Gasteiger partial charge in [-0.1, -0.05) is 16.7 Å². The normalized spacial score (nSPS) is 17.3. The lowest BCUT2D eigenvalue weighted by molar-refractivity contribution is -0.157. The van der Waals surface area contributed by atoms with Crippen LogP contribution in [-0.2, 0) is 12.6 Å². The third-order valence-electron chi connectivity index (χ3n) is 4.58. The molecular formula is C16H11ClF3N7O. The molecule has 5 heterocycles. The molecule has 28 heavy (non-hydrogen) atoms. The van der Waals surface area contributed by atoms with Crippen molar-refractivity contribution in [1.29, 1.82) is 0 Å². The Morgan fingerprint density at radius 3 is 2.89 bits per heavy atom. The Morgan fingerprint density at radius 2 is 2.14 bits per heavy atom. The minimum atomic E-state index is -4.72. The number of pyridine rings is 1. The molecule has 4 aromatic rings. The fraction of sp³-hybridized carbons (Fsp3) is 0.250. The molecule has 0 spiro atoms. The number of aromatic nitrogens is 6.